The van der Waals surface area contributed by atoms with Gasteiger partial charge in [0, 0.05) is 6.54 Å². The quantitative estimate of drug-likeness (QED) is 0.745. The van der Waals surface area contributed by atoms with Gasteiger partial charge in [0.1, 0.15) is 0 Å². The van der Waals surface area contributed by atoms with Crippen molar-refractivity contribution in [3.05, 3.63) is 59.4 Å². The van der Waals surface area contributed by atoms with Crippen LogP contribution in [0.25, 0.3) is 10.2 Å². The van der Waals surface area contributed by atoms with Crippen molar-refractivity contribution in [2.45, 2.75) is 18.4 Å². The minimum Gasteiger partial charge on any atom is -0.316 e. The van der Waals surface area contributed by atoms with Crippen LogP contribution in [-0.4, -0.2) is 13.0 Å². The molecular formula is C15H14N2O2S2. The van der Waals surface area contributed by atoms with E-state index in [0.717, 1.165) is 10.2 Å². The maximum absolute atomic E-state index is 12.4. The molecular weight excluding hydrogens is 304 g/mol. The second-order valence-electron chi connectivity index (χ2n) is 4.48. The van der Waals surface area contributed by atoms with Gasteiger partial charge in [-0.1, -0.05) is 41.7 Å². The zero-order chi connectivity index (χ0) is 14.9. The molecule has 1 aromatic heterocycles. The molecule has 2 aromatic carbocycles. The maximum atomic E-state index is 12.4. The molecule has 4 nitrogen and oxygen atoms in total. The molecule has 0 fully saturated rings. The third-order valence-electron chi connectivity index (χ3n) is 3.14. The Morgan fingerprint density at radius 2 is 1.71 bits per heavy atom. The SMILES string of the molecule is CCn1c(=NS(=O)(=O)c2ccccc2)sc2ccccc21. The van der Waals surface area contributed by atoms with Gasteiger partial charge in [-0.05, 0) is 31.2 Å². The molecule has 0 saturated heterocycles. The monoisotopic (exact) mass is 318 g/mol. The molecule has 0 saturated carbocycles. The molecule has 0 aliphatic carbocycles. The predicted molar refractivity (Wildman–Crippen MR) is 84.7 cm³/mol. The molecule has 3 aromatic rings. The average Bonchev–Trinajstić information content (AvgIpc) is 2.84. The molecule has 3 rings (SSSR count). The van der Waals surface area contributed by atoms with E-state index in [2.05, 4.69) is 4.40 Å². The Morgan fingerprint density at radius 3 is 2.43 bits per heavy atom. The van der Waals surface area contributed by atoms with Crippen LogP contribution in [-0.2, 0) is 16.6 Å². The van der Waals surface area contributed by atoms with E-state index in [4.69, 9.17) is 0 Å². The highest BCUT2D eigenvalue weighted by Gasteiger charge is 2.13. The normalized spacial score (nSPS) is 12.9. The van der Waals surface area contributed by atoms with E-state index < -0.39 is 10.0 Å². The van der Waals surface area contributed by atoms with Gasteiger partial charge in [0.2, 0.25) is 4.80 Å². The van der Waals surface area contributed by atoms with Crippen molar-refractivity contribution in [3.8, 4) is 0 Å². The standard InChI is InChI=1S/C15H14N2O2S2/c1-2-17-13-10-6-7-11-14(13)20-15(17)16-21(18,19)12-8-4-3-5-9-12/h3-11H,2H2,1H3. The predicted octanol–water partition coefficient (Wildman–Crippen LogP) is 3.01. The van der Waals surface area contributed by atoms with Gasteiger partial charge < -0.3 is 4.57 Å². The van der Waals surface area contributed by atoms with Gasteiger partial charge in [-0.3, -0.25) is 0 Å². The number of fused-ring (bicyclic) bond motifs is 1. The number of sulfonamides is 1. The number of thiazole rings is 1. The number of benzene rings is 2. The zero-order valence-electron chi connectivity index (χ0n) is 11.4. The summed E-state index contributed by atoms with van der Waals surface area (Å²) in [6.07, 6.45) is 0. The number of aromatic nitrogens is 1. The number of para-hydroxylation sites is 1. The van der Waals surface area contributed by atoms with Gasteiger partial charge in [-0.2, -0.15) is 8.42 Å². The summed E-state index contributed by atoms with van der Waals surface area (Å²) < 4.78 is 31.7. The first kappa shape index (κ1) is 14.0. The molecule has 0 N–H and O–H groups in total. The summed E-state index contributed by atoms with van der Waals surface area (Å²) >= 11 is 1.39. The fourth-order valence-corrected chi connectivity index (χ4v) is 4.46. The summed E-state index contributed by atoms with van der Waals surface area (Å²) in [5.41, 5.74) is 1.01. The van der Waals surface area contributed by atoms with Crippen LogP contribution in [0.5, 0.6) is 0 Å². The van der Waals surface area contributed by atoms with E-state index in [1.807, 2.05) is 35.8 Å². The molecule has 0 unspecified atom stereocenters. The second-order valence-corrected chi connectivity index (χ2v) is 7.09. The van der Waals surface area contributed by atoms with E-state index in [1.54, 1.807) is 30.3 Å². The first-order valence-electron chi connectivity index (χ1n) is 6.56. The van der Waals surface area contributed by atoms with Crippen molar-refractivity contribution in [1.29, 1.82) is 0 Å². The third-order valence-corrected chi connectivity index (χ3v) is 5.60. The third kappa shape index (κ3) is 2.64. The summed E-state index contributed by atoms with van der Waals surface area (Å²) in [5, 5.41) is 0. The Kier molecular flexibility index (Phi) is 3.65. The summed E-state index contributed by atoms with van der Waals surface area (Å²) in [6, 6.07) is 16.1. The van der Waals surface area contributed by atoms with E-state index in [1.165, 1.54) is 11.3 Å². The average molecular weight is 318 g/mol. The van der Waals surface area contributed by atoms with Crippen LogP contribution in [0, 0.1) is 0 Å². The Hall–Kier alpha value is -1.92. The van der Waals surface area contributed by atoms with Crippen LogP contribution in [0.1, 0.15) is 6.92 Å². The van der Waals surface area contributed by atoms with E-state index in [0.29, 0.717) is 11.3 Å². The smallest absolute Gasteiger partial charge is 0.285 e. The van der Waals surface area contributed by atoms with E-state index in [9.17, 15) is 8.42 Å². The fourth-order valence-electron chi connectivity index (χ4n) is 2.14. The van der Waals surface area contributed by atoms with Gasteiger partial charge in [-0.15, -0.1) is 4.40 Å². The molecule has 0 spiro atoms. The van der Waals surface area contributed by atoms with Gasteiger partial charge in [0.15, 0.2) is 0 Å². The van der Waals surface area contributed by atoms with Crippen molar-refractivity contribution < 1.29 is 8.42 Å². The first-order valence-corrected chi connectivity index (χ1v) is 8.82. The summed E-state index contributed by atoms with van der Waals surface area (Å²) in [5.74, 6) is 0. The molecule has 0 bridgehead atoms. The van der Waals surface area contributed by atoms with Crippen molar-refractivity contribution in [2.24, 2.45) is 4.40 Å². The van der Waals surface area contributed by atoms with Gasteiger partial charge >= 0.3 is 0 Å². The minimum absolute atomic E-state index is 0.213. The van der Waals surface area contributed by atoms with Gasteiger partial charge in [0.05, 0.1) is 15.1 Å². The number of nitrogens with zero attached hydrogens (tertiary/aromatic N) is 2. The number of hydrogen-bond acceptors (Lipinski definition) is 3. The van der Waals surface area contributed by atoms with Crippen molar-refractivity contribution in [1.82, 2.24) is 4.57 Å². The van der Waals surface area contributed by atoms with Gasteiger partial charge in [0.25, 0.3) is 10.0 Å². The zero-order valence-corrected chi connectivity index (χ0v) is 13.1. The Bertz CT molecular complexity index is 938. The molecule has 108 valence electrons. The summed E-state index contributed by atoms with van der Waals surface area (Å²) in [6.45, 7) is 2.65. The van der Waals surface area contributed by atoms with Gasteiger partial charge in [-0.25, -0.2) is 0 Å². The van der Waals surface area contributed by atoms with Crippen LogP contribution in [0.4, 0.5) is 0 Å². The molecule has 21 heavy (non-hydrogen) atoms. The lowest BCUT2D eigenvalue weighted by atomic mass is 10.3. The van der Waals surface area contributed by atoms with Crippen LogP contribution in [0.15, 0.2) is 63.9 Å². The Morgan fingerprint density at radius 1 is 1.05 bits per heavy atom. The van der Waals surface area contributed by atoms with E-state index >= 15 is 0 Å². The van der Waals surface area contributed by atoms with Crippen molar-refractivity contribution in [3.63, 3.8) is 0 Å². The number of rotatable bonds is 3. The van der Waals surface area contributed by atoms with E-state index in [-0.39, 0.29) is 4.90 Å². The highest BCUT2D eigenvalue weighted by molar-refractivity contribution is 7.90. The summed E-state index contributed by atoms with van der Waals surface area (Å²) in [7, 11) is -3.68. The molecule has 0 amide bonds. The van der Waals surface area contributed by atoms with Crippen molar-refractivity contribution >= 4 is 31.6 Å². The Balaban J connectivity index is 2.25. The largest absolute Gasteiger partial charge is 0.316 e. The molecule has 0 atom stereocenters. The van der Waals surface area contributed by atoms with Crippen LogP contribution >= 0.6 is 11.3 Å². The molecule has 6 heteroatoms. The van der Waals surface area contributed by atoms with Crippen LogP contribution < -0.4 is 4.80 Å². The second kappa shape index (κ2) is 5.46. The maximum Gasteiger partial charge on any atom is 0.285 e. The lowest BCUT2D eigenvalue weighted by molar-refractivity contribution is 0.595. The number of hydrogen-bond donors (Lipinski definition) is 0. The molecule has 0 radical (unpaired) electrons. The minimum atomic E-state index is -3.68. The first-order chi connectivity index (χ1) is 10.1. The lowest BCUT2D eigenvalue weighted by Gasteiger charge is -2.00. The van der Waals surface area contributed by atoms with Crippen LogP contribution in [0.3, 0.4) is 0 Å². The highest BCUT2D eigenvalue weighted by Crippen LogP contribution is 2.18. The highest BCUT2D eigenvalue weighted by atomic mass is 32.2. The Labute approximate surface area is 127 Å². The summed E-state index contributed by atoms with van der Waals surface area (Å²) in [4.78, 5) is 0.715. The topological polar surface area (TPSA) is 51.4 Å². The van der Waals surface area contributed by atoms with Crippen molar-refractivity contribution in [2.75, 3.05) is 0 Å². The van der Waals surface area contributed by atoms with Crippen LogP contribution in [0.2, 0.25) is 0 Å². The lowest BCUT2D eigenvalue weighted by Crippen LogP contribution is -2.16. The number of aryl methyl sites for hydroxylation is 1. The molecule has 1 heterocycles. The molecule has 0 aliphatic heterocycles. The fraction of sp³-hybridized carbons (Fsp3) is 0.133. The molecule has 0 aliphatic rings.